The molecule has 1 aromatic carbocycles. The molecule has 1 amide bonds. The van der Waals surface area contributed by atoms with E-state index in [9.17, 15) is 13.2 Å². The van der Waals surface area contributed by atoms with E-state index in [-0.39, 0.29) is 29.4 Å². The van der Waals surface area contributed by atoms with E-state index in [0.29, 0.717) is 25.9 Å². The monoisotopic (exact) mass is 352 g/mol. The Bertz CT molecular complexity index is 629. The molecule has 2 unspecified atom stereocenters. The van der Waals surface area contributed by atoms with Crippen LogP contribution in [0.25, 0.3) is 0 Å². The van der Waals surface area contributed by atoms with Crippen molar-refractivity contribution in [3.05, 3.63) is 35.9 Å². The van der Waals surface area contributed by atoms with Crippen LogP contribution in [0.1, 0.15) is 31.7 Å². The van der Waals surface area contributed by atoms with E-state index >= 15 is 0 Å². The van der Waals surface area contributed by atoms with Gasteiger partial charge in [-0.2, -0.15) is 0 Å². The normalized spacial score (nSPS) is 19.9. The van der Waals surface area contributed by atoms with Gasteiger partial charge in [0.2, 0.25) is 5.91 Å². The van der Waals surface area contributed by atoms with E-state index in [1.54, 1.807) is 4.90 Å². The summed E-state index contributed by atoms with van der Waals surface area (Å²) >= 11 is 0. The summed E-state index contributed by atoms with van der Waals surface area (Å²) in [6, 6.07) is 9.83. The SMILES string of the molecule is CC(N)C1CCCN(C(=O)CS(=O)(=O)CCCc2ccccc2)C1. The number of amides is 1. The smallest absolute Gasteiger partial charge is 0.237 e. The number of aryl methyl sites for hydroxylation is 1. The molecule has 134 valence electrons. The van der Waals surface area contributed by atoms with Crippen molar-refractivity contribution < 1.29 is 13.2 Å². The highest BCUT2D eigenvalue weighted by Gasteiger charge is 2.28. The summed E-state index contributed by atoms with van der Waals surface area (Å²) in [4.78, 5) is 14.0. The first-order valence-corrected chi connectivity index (χ1v) is 10.5. The second kappa shape index (κ2) is 8.62. The first-order chi connectivity index (χ1) is 11.4. The zero-order chi connectivity index (χ0) is 17.6. The number of benzene rings is 1. The molecule has 1 aliphatic rings. The lowest BCUT2D eigenvalue weighted by atomic mass is 9.92. The predicted molar refractivity (Wildman–Crippen MR) is 96.4 cm³/mol. The maximum atomic E-state index is 12.3. The minimum atomic E-state index is -3.36. The lowest BCUT2D eigenvalue weighted by molar-refractivity contribution is -0.130. The Hall–Kier alpha value is -1.40. The van der Waals surface area contributed by atoms with Crippen molar-refractivity contribution in [3.8, 4) is 0 Å². The number of carbonyl (C=O) groups excluding carboxylic acids is 1. The highest BCUT2D eigenvalue weighted by atomic mass is 32.2. The lowest BCUT2D eigenvalue weighted by Gasteiger charge is -2.34. The number of piperidine rings is 1. The molecule has 1 aliphatic heterocycles. The Kier molecular flexibility index (Phi) is 6.80. The fraction of sp³-hybridized carbons (Fsp3) is 0.611. The van der Waals surface area contributed by atoms with Gasteiger partial charge < -0.3 is 10.6 Å². The van der Waals surface area contributed by atoms with E-state index in [1.165, 1.54) is 0 Å². The second-order valence-electron chi connectivity index (χ2n) is 6.78. The standard InChI is InChI=1S/C18H28N2O3S/c1-15(19)17-10-5-11-20(13-17)18(21)14-24(22,23)12-6-9-16-7-3-2-4-8-16/h2-4,7-8,15,17H,5-6,9-14,19H2,1H3. The van der Waals surface area contributed by atoms with Gasteiger partial charge in [0, 0.05) is 19.1 Å². The zero-order valence-electron chi connectivity index (χ0n) is 14.4. The largest absolute Gasteiger partial charge is 0.341 e. The number of nitrogens with two attached hydrogens (primary N) is 1. The van der Waals surface area contributed by atoms with Crippen LogP contribution in [0.5, 0.6) is 0 Å². The first kappa shape index (κ1) is 18.9. The summed E-state index contributed by atoms with van der Waals surface area (Å²) in [6.45, 7) is 3.16. The Balaban J connectivity index is 1.81. The van der Waals surface area contributed by atoms with Crippen LogP contribution >= 0.6 is 0 Å². The summed E-state index contributed by atoms with van der Waals surface area (Å²) in [6.07, 6.45) is 3.16. The lowest BCUT2D eigenvalue weighted by Crippen LogP contribution is -2.46. The molecule has 0 aliphatic carbocycles. The number of hydrogen-bond acceptors (Lipinski definition) is 4. The highest BCUT2D eigenvalue weighted by molar-refractivity contribution is 7.92. The van der Waals surface area contributed by atoms with Crippen molar-refractivity contribution in [1.29, 1.82) is 0 Å². The van der Waals surface area contributed by atoms with Crippen LogP contribution in [-0.4, -0.2) is 49.9 Å². The van der Waals surface area contributed by atoms with Crippen LogP contribution in [0.15, 0.2) is 30.3 Å². The van der Waals surface area contributed by atoms with Crippen molar-refractivity contribution in [1.82, 2.24) is 4.90 Å². The van der Waals surface area contributed by atoms with Gasteiger partial charge in [-0.15, -0.1) is 0 Å². The Morgan fingerprint density at radius 2 is 2.04 bits per heavy atom. The summed E-state index contributed by atoms with van der Waals surface area (Å²) in [5.41, 5.74) is 7.04. The number of carbonyl (C=O) groups is 1. The van der Waals surface area contributed by atoms with Crippen LogP contribution in [0.2, 0.25) is 0 Å². The van der Waals surface area contributed by atoms with Crippen LogP contribution < -0.4 is 5.73 Å². The fourth-order valence-corrected chi connectivity index (χ4v) is 4.45. The molecule has 5 nitrogen and oxygen atoms in total. The van der Waals surface area contributed by atoms with Gasteiger partial charge in [-0.1, -0.05) is 30.3 Å². The number of nitrogens with zero attached hydrogens (tertiary/aromatic N) is 1. The maximum Gasteiger partial charge on any atom is 0.237 e. The molecule has 2 atom stereocenters. The molecule has 24 heavy (non-hydrogen) atoms. The average Bonchev–Trinajstić information content (AvgIpc) is 2.55. The third-order valence-corrected chi connectivity index (χ3v) is 6.26. The van der Waals surface area contributed by atoms with Gasteiger partial charge >= 0.3 is 0 Å². The average molecular weight is 353 g/mol. The Morgan fingerprint density at radius 1 is 1.33 bits per heavy atom. The van der Waals surface area contributed by atoms with Crippen LogP contribution in [0.4, 0.5) is 0 Å². The molecule has 1 aromatic rings. The number of hydrogen-bond donors (Lipinski definition) is 1. The number of likely N-dealkylation sites (tertiary alicyclic amines) is 1. The first-order valence-electron chi connectivity index (χ1n) is 8.65. The van der Waals surface area contributed by atoms with E-state index < -0.39 is 9.84 Å². The van der Waals surface area contributed by atoms with Gasteiger partial charge in [0.1, 0.15) is 5.75 Å². The third-order valence-electron chi connectivity index (χ3n) is 4.66. The molecule has 0 bridgehead atoms. The summed E-state index contributed by atoms with van der Waals surface area (Å²) in [5, 5.41) is 0. The van der Waals surface area contributed by atoms with Crippen molar-refractivity contribution in [2.75, 3.05) is 24.6 Å². The Labute approximate surface area is 145 Å². The summed E-state index contributed by atoms with van der Waals surface area (Å²) < 4.78 is 24.4. The van der Waals surface area contributed by atoms with Gasteiger partial charge in [-0.05, 0) is 44.1 Å². The molecular weight excluding hydrogens is 324 g/mol. The highest BCUT2D eigenvalue weighted by Crippen LogP contribution is 2.19. The molecule has 1 fully saturated rings. The number of rotatable bonds is 7. The van der Waals surface area contributed by atoms with Crippen molar-refractivity contribution in [2.45, 2.75) is 38.6 Å². The minimum Gasteiger partial charge on any atom is -0.341 e. The second-order valence-corrected chi connectivity index (χ2v) is 8.97. The molecular formula is C18H28N2O3S. The summed E-state index contributed by atoms with van der Waals surface area (Å²) in [5.74, 6) is -0.338. The quantitative estimate of drug-likeness (QED) is 0.808. The van der Waals surface area contributed by atoms with Crippen LogP contribution in [-0.2, 0) is 21.1 Å². The van der Waals surface area contributed by atoms with Crippen molar-refractivity contribution in [2.24, 2.45) is 11.7 Å². The van der Waals surface area contributed by atoms with Gasteiger partial charge in [0.05, 0.1) is 5.75 Å². The maximum absolute atomic E-state index is 12.3. The number of sulfone groups is 1. The van der Waals surface area contributed by atoms with Crippen LogP contribution in [0, 0.1) is 5.92 Å². The zero-order valence-corrected chi connectivity index (χ0v) is 15.2. The van der Waals surface area contributed by atoms with Gasteiger partial charge in [-0.3, -0.25) is 4.79 Å². The Morgan fingerprint density at radius 3 is 2.71 bits per heavy atom. The van der Waals surface area contributed by atoms with Crippen LogP contribution in [0.3, 0.4) is 0 Å². The van der Waals surface area contributed by atoms with E-state index in [2.05, 4.69) is 0 Å². The molecule has 0 radical (unpaired) electrons. The molecule has 2 N–H and O–H groups in total. The molecule has 1 heterocycles. The van der Waals surface area contributed by atoms with Crippen molar-refractivity contribution in [3.63, 3.8) is 0 Å². The predicted octanol–water partition coefficient (Wildman–Crippen LogP) is 1.62. The fourth-order valence-electron chi connectivity index (χ4n) is 3.16. The topological polar surface area (TPSA) is 80.5 Å². The van der Waals surface area contributed by atoms with E-state index in [1.807, 2.05) is 37.3 Å². The molecule has 2 rings (SSSR count). The third kappa shape index (κ3) is 5.91. The molecule has 0 spiro atoms. The minimum absolute atomic E-state index is 0.0306. The van der Waals surface area contributed by atoms with Gasteiger partial charge in [0.25, 0.3) is 0 Å². The van der Waals surface area contributed by atoms with E-state index in [4.69, 9.17) is 5.73 Å². The van der Waals surface area contributed by atoms with E-state index in [0.717, 1.165) is 18.4 Å². The van der Waals surface area contributed by atoms with Crippen molar-refractivity contribution >= 4 is 15.7 Å². The molecule has 1 saturated heterocycles. The molecule has 0 aromatic heterocycles. The van der Waals surface area contributed by atoms with Gasteiger partial charge in [-0.25, -0.2) is 8.42 Å². The molecule has 6 heteroatoms. The van der Waals surface area contributed by atoms with Gasteiger partial charge in [0.15, 0.2) is 9.84 Å². The summed E-state index contributed by atoms with van der Waals surface area (Å²) in [7, 11) is -3.36. The molecule has 0 saturated carbocycles.